The van der Waals surface area contributed by atoms with Crippen molar-refractivity contribution in [3.63, 3.8) is 0 Å². The number of halogens is 2. The highest BCUT2D eigenvalue weighted by Gasteiger charge is 2.33. The van der Waals surface area contributed by atoms with E-state index in [-0.39, 0.29) is 22.7 Å². The molecule has 202 valence electrons. The summed E-state index contributed by atoms with van der Waals surface area (Å²) in [6.07, 6.45) is 0. The van der Waals surface area contributed by atoms with E-state index in [2.05, 4.69) is 5.32 Å². The number of sulfonamides is 1. The molecular formula is C28H31ClFN3O4S. The minimum atomic E-state index is -4.18. The molecule has 7 nitrogen and oxygen atoms in total. The molecule has 1 atom stereocenters. The molecule has 0 heterocycles. The summed E-state index contributed by atoms with van der Waals surface area (Å²) >= 11 is 6.01. The first-order valence-corrected chi connectivity index (χ1v) is 13.8. The molecule has 0 radical (unpaired) electrons. The van der Waals surface area contributed by atoms with Gasteiger partial charge < -0.3 is 10.2 Å². The number of nitrogens with zero attached hydrogens (tertiary/aromatic N) is 2. The summed E-state index contributed by atoms with van der Waals surface area (Å²) in [5.74, 6) is -1.68. The average Bonchev–Trinajstić information content (AvgIpc) is 2.86. The summed E-state index contributed by atoms with van der Waals surface area (Å²) in [5.41, 5.74) is -0.172. The monoisotopic (exact) mass is 559 g/mol. The molecule has 3 aromatic carbocycles. The molecule has 10 heteroatoms. The molecule has 0 saturated carbocycles. The fourth-order valence-electron chi connectivity index (χ4n) is 3.72. The van der Waals surface area contributed by atoms with Crippen molar-refractivity contribution in [2.24, 2.45) is 0 Å². The average molecular weight is 560 g/mol. The first-order chi connectivity index (χ1) is 17.8. The molecule has 3 aromatic rings. The van der Waals surface area contributed by atoms with Crippen LogP contribution in [0.1, 0.15) is 33.3 Å². The largest absolute Gasteiger partial charge is 0.350 e. The maximum absolute atomic E-state index is 14.6. The standard InChI is InChI=1S/C28H31ClFN3O4S/c1-20(27(35)31-28(2,3)4)32(18-21-10-8-9-13-25(21)30)26(34)19-33(23-16-14-22(29)15-17-23)38(36,37)24-11-6-5-7-12-24/h5-17,20H,18-19H2,1-4H3,(H,31,35)/t20-/m0/s1. The van der Waals surface area contributed by atoms with Crippen LogP contribution in [0, 0.1) is 5.82 Å². The number of hydrogen-bond acceptors (Lipinski definition) is 4. The molecule has 0 aliphatic carbocycles. The zero-order valence-electron chi connectivity index (χ0n) is 21.7. The van der Waals surface area contributed by atoms with E-state index in [0.717, 1.165) is 4.31 Å². The van der Waals surface area contributed by atoms with E-state index in [1.807, 2.05) is 0 Å². The Morgan fingerprint density at radius 3 is 2.11 bits per heavy atom. The van der Waals surface area contributed by atoms with Crippen LogP contribution < -0.4 is 9.62 Å². The molecular weight excluding hydrogens is 529 g/mol. The molecule has 0 bridgehead atoms. The van der Waals surface area contributed by atoms with Gasteiger partial charge in [0.25, 0.3) is 10.0 Å². The van der Waals surface area contributed by atoms with Gasteiger partial charge in [0.15, 0.2) is 0 Å². The first-order valence-electron chi connectivity index (χ1n) is 12.0. The van der Waals surface area contributed by atoms with Crippen LogP contribution in [0.15, 0.2) is 83.8 Å². The van der Waals surface area contributed by atoms with E-state index in [1.165, 1.54) is 66.4 Å². The molecule has 0 saturated heterocycles. The van der Waals surface area contributed by atoms with E-state index in [9.17, 15) is 22.4 Å². The van der Waals surface area contributed by atoms with Crippen molar-refractivity contribution >= 4 is 39.1 Å². The molecule has 1 N–H and O–H groups in total. The van der Waals surface area contributed by atoms with Gasteiger partial charge in [-0.25, -0.2) is 12.8 Å². The third-order valence-electron chi connectivity index (χ3n) is 5.69. The van der Waals surface area contributed by atoms with E-state index in [1.54, 1.807) is 45.0 Å². The molecule has 3 rings (SSSR count). The predicted octanol–water partition coefficient (Wildman–Crippen LogP) is 5.01. The Bertz CT molecular complexity index is 1380. The Hall–Kier alpha value is -3.43. The molecule has 0 fully saturated rings. The van der Waals surface area contributed by atoms with E-state index >= 15 is 0 Å². The number of nitrogens with one attached hydrogen (secondary N) is 1. The first kappa shape index (κ1) is 29.1. The summed E-state index contributed by atoms with van der Waals surface area (Å²) in [7, 11) is -4.18. The lowest BCUT2D eigenvalue weighted by molar-refractivity contribution is -0.140. The lowest BCUT2D eigenvalue weighted by Crippen LogP contribution is -2.54. The highest BCUT2D eigenvalue weighted by molar-refractivity contribution is 7.92. The molecule has 0 aliphatic rings. The van der Waals surface area contributed by atoms with Crippen LogP contribution in [0.3, 0.4) is 0 Å². The Balaban J connectivity index is 2.03. The highest BCUT2D eigenvalue weighted by Crippen LogP contribution is 2.26. The minimum Gasteiger partial charge on any atom is -0.350 e. The minimum absolute atomic E-state index is 0.0121. The molecule has 2 amide bonds. The maximum atomic E-state index is 14.6. The summed E-state index contributed by atoms with van der Waals surface area (Å²) in [6.45, 7) is 6.07. The van der Waals surface area contributed by atoms with Crippen LogP contribution in [0.4, 0.5) is 10.1 Å². The number of rotatable bonds is 9. The third-order valence-corrected chi connectivity index (χ3v) is 7.73. The number of benzene rings is 3. The molecule has 0 aliphatic heterocycles. The summed E-state index contributed by atoms with van der Waals surface area (Å²) in [6, 6.07) is 18.6. The lowest BCUT2D eigenvalue weighted by Gasteiger charge is -2.33. The Kier molecular flexibility index (Phi) is 9.17. The van der Waals surface area contributed by atoms with Crippen molar-refractivity contribution in [1.29, 1.82) is 0 Å². The number of hydrogen-bond donors (Lipinski definition) is 1. The van der Waals surface area contributed by atoms with E-state index < -0.39 is 45.8 Å². The van der Waals surface area contributed by atoms with Crippen LogP contribution in [-0.2, 0) is 26.2 Å². The zero-order valence-corrected chi connectivity index (χ0v) is 23.3. The smallest absolute Gasteiger partial charge is 0.264 e. The van der Waals surface area contributed by atoms with Crippen LogP contribution in [-0.4, -0.2) is 43.3 Å². The highest BCUT2D eigenvalue weighted by atomic mass is 35.5. The number of carbonyl (C=O) groups excluding carboxylic acids is 2. The fourth-order valence-corrected chi connectivity index (χ4v) is 5.28. The fraction of sp³-hybridized carbons (Fsp3) is 0.286. The van der Waals surface area contributed by atoms with Gasteiger partial charge in [-0.3, -0.25) is 13.9 Å². The Labute approximate surface area is 228 Å². The van der Waals surface area contributed by atoms with E-state index in [0.29, 0.717) is 5.02 Å². The van der Waals surface area contributed by atoms with Crippen molar-refractivity contribution < 1.29 is 22.4 Å². The van der Waals surface area contributed by atoms with E-state index in [4.69, 9.17) is 11.6 Å². The number of amides is 2. The van der Waals surface area contributed by atoms with Crippen LogP contribution in [0.5, 0.6) is 0 Å². The van der Waals surface area contributed by atoms with Gasteiger partial charge in [-0.1, -0.05) is 48.0 Å². The summed E-state index contributed by atoms with van der Waals surface area (Å²) in [4.78, 5) is 28.0. The van der Waals surface area contributed by atoms with Crippen molar-refractivity contribution in [2.75, 3.05) is 10.8 Å². The van der Waals surface area contributed by atoms with Gasteiger partial charge in [0.05, 0.1) is 10.6 Å². The Morgan fingerprint density at radius 2 is 1.53 bits per heavy atom. The van der Waals surface area contributed by atoms with Gasteiger partial charge in [-0.15, -0.1) is 0 Å². The van der Waals surface area contributed by atoms with Gasteiger partial charge in [-0.2, -0.15) is 0 Å². The molecule has 38 heavy (non-hydrogen) atoms. The second kappa shape index (κ2) is 12.0. The SMILES string of the molecule is C[C@@H](C(=O)NC(C)(C)C)N(Cc1ccccc1F)C(=O)CN(c1ccc(Cl)cc1)S(=O)(=O)c1ccccc1. The Morgan fingerprint density at radius 1 is 0.947 bits per heavy atom. The molecule has 0 spiro atoms. The third kappa shape index (κ3) is 7.33. The summed E-state index contributed by atoms with van der Waals surface area (Å²) < 4.78 is 42.9. The molecule has 0 aromatic heterocycles. The second-order valence-electron chi connectivity index (χ2n) is 9.83. The van der Waals surface area contributed by atoms with Gasteiger partial charge >= 0.3 is 0 Å². The predicted molar refractivity (Wildman–Crippen MR) is 147 cm³/mol. The van der Waals surface area contributed by atoms with Gasteiger partial charge in [0.2, 0.25) is 11.8 Å². The van der Waals surface area contributed by atoms with Crippen molar-refractivity contribution in [1.82, 2.24) is 10.2 Å². The van der Waals surface area contributed by atoms with Crippen molar-refractivity contribution in [2.45, 2.75) is 50.7 Å². The number of anilines is 1. The van der Waals surface area contributed by atoms with Crippen molar-refractivity contribution in [3.8, 4) is 0 Å². The second-order valence-corrected chi connectivity index (χ2v) is 12.1. The maximum Gasteiger partial charge on any atom is 0.264 e. The quantitative estimate of drug-likeness (QED) is 0.399. The lowest BCUT2D eigenvalue weighted by atomic mass is 10.1. The summed E-state index contributed by atoms with van der Waals surface area (Å²) in [5, 5.41) is 3.22. The number of carbonyl (C=O) groups is 2. The van der Waals surface area contributed by atoms with Gasteiger partial charge in [0, 0.05) is 22.7 Å². The van der Waals surface area contributed by atoms with Crippen LogP contribution in [0.25, 0.3) is 0 Å². The van der Waals surface area contributed by atoms with Gasteiger partial charge in [-0.05, 0) is 70.2 Å². The normalized spacial score (nSPS) is 12.5. The topological polar surface area (TPSA) is 86.8 Å². The molecule has 0 unspecified atom stereocenters. The van der Waals surface area contributed by atoms with Crippen LogP contribution in [0.2, 0.25) is 5.02 Å². The van der Waals surface area contributed by atoms with Crippen molar-refractivity contribution in [3.05, 3.63) is 95.3 Å². The van der Waals surface area contributed by atoms with Crippen LogP contribution >= 0.6 is 11.6 Å². The van der Waals surface area contributed by atoms with Gasteiger partial charge in [0.1, 0.15) is 18.4 Å². The zero-order chi connectivity index (χ0) is 28.1.